The van der Waals surface area contributed by atoms with Crippen LogP contribution in [0.5, 0.6) is 11.5 Å². The lowest BCUT2D eigenvalue weighted by molar-refractivity contribution is -0.131. The fourth-order valence-corrected chi connectivity index (χ4v) is 2.20. The van der Waals surface area contributed by atoms with Crippen LogP contribution >= 0.6 is 0 Å². The molecule has 0 bridgehead atoms. The Kier molecular flexibility index (Phi) is 4.84. The molecule has 0 spiro atoms. The molecule has 2 aromatic carbocycles. The van der Waals surface area contributed by atoms with Gasteiger partial charge in [-0.05, 0) is 36.3 Å². The van der Waals surface area contributed by atoms with Crippen molar-refractivity contribution in [2.45, 2.75) is 6.92 Å². The molecular weight excluding hydrogens is 280 g/mol. The number of aliphatic carboxylic acids is 1. The number of benzene rings is 2. The highest BCUT2D eigenvalue weighted by Gasteiger charge is 2.14. The number of hydrogen-bond donors (Lipinski definition) is 1. The molecule has 0 saturated carbocycles. The standard InChI is InChI=1S/C18H18O4/c1-12-4-6-13(7-5-12)15(11-18(19)20)16-10-14(21-2)8-9-17(16)22-3/h4-11H,1-3H3,(H,19,20)/b15-11+. The molecule has 4 heteroatoms. The van der Waals surface area contributed by atoms with Gasteiger partial charge in [0.1, 0.15) is 11.5 Å². The van der Waals surface area contributed by atoms with Crippen molar-refractivity contribution in [3.63, 3.8) is 0 Å². The third-order valence-electron chi connectivity index (χ3n) is 3.33. The SMILES string of the molecule is COc1ccc(OC)c(/C(=C/C(=O)O)c2ccc(C)cc2)c1. The summed E-state index contributed by atoms with van der Waals surface area (Å²) in [6, 6.07) is 13.0. The first kappa shape index (κ1) is 15.6. The van der Waals surface area contributed by atoms with Crippen molar-refractivity contribution in [2.75, 3.05) is 14.2 Å². The van der Waals surface area contributed by atoms with E-state index in [1.165, 1.54) is 6.08 Å². The number of aryl methyl sites for hydroxylation is 1. The van der Waals surface area contributed by atoms with E-state index in [1.807, 2.05) is 31.2 Å². The van der Waals surface area contributed by atoms with E-state index < -0.39 is 5.97 Å². The van der Waals surface area contributed by atoms with Gasteiger partial charge in [-0.3, -0.25) is 0 Å². The Balaban J connectivity index is 2.64. The maximum atomic E-state index is 11.2. The lowest BCUT2D eigenvalue weighted by Gasteiger charge is -2.14. The van der Waals surface area contributed by atoms with Crippen molar-refractivity contribution >= 4 is 11.5 Å². The fraction of sp³-hybridized carbons (Fsp3) is 0.167. The molecule has 0 fully saturated rings. The summed E-state index contributed by atoms with van der Waals surface area (Å²) in [6.07, 6.45) is 1.18. The molecule has 2 aromatic rings. The maximum Gasteiger partial charge on any atom is 0.328 e. The largest absolute Gasteiger partial charge is 0.497 e. The summed E-state index contributed by atoms with van der Waals surface area (Å²) in [7, 11) is 3.12. The molecule has 0 radical (unpaired) electrons. The van der Waals surface area contributed by atoms with Gasteiger partial charge in [0.05, 0.1) is 14.2 Å². The molecule has 0 atom stereocenters. The molecule has 22 heavy (non-hydrogen) atoms. The van der Waals surface area contributed by atoms with E-state index in [0.717, 1.165) is 11.1 Å². The van der Waals surface area contributed by atoms with Gasteiger partial charge >= 0.3 is 5.97 Å². The Morgan fingerprint density at radius 3 is 2.27 bits per heavy atom. The zero-order chi connectivity index (χ0) is 16.1. The molecule has 0 saturated heterocycles. The minimum absolute atomic E-state index is 0.572. The molecule has 0 aliphatic heterocycles. The number of carbonyl (C=O) groups is 1. The Bertz CT molecular complexity index is 700. The monoisotopic (exact) mass is 298 g/mol. The van der Waals surface area contributed by atoms with Crippen LogP contribution in [0.25, 0.3) is 5.57 Å². The molecule has 0 amide bonds. The second-order valence-electron chi connectivity index (χ2n) is 4.83. The van der Waals surface area contributed by atoms with Gasteiger partial charge in [0, 0.05) is 11.6 Å². The number of rotatable bonds is 5. The summed E-state index contributed by atoms with van der Waals surface area (Å²) in [5.74, 6) is 0.216. The second kappa shape index (κ2) is 6.80. The van der Waals surface area contributed by atoms with E-state index in [9.17, 15) is 9.90 Å². The first-order chi connectivity index (χ1) is 10.5. The average molecular weight is 298 g/mol. The first-order valence-electron chi connectivity index (χ1n) is 6.79. The van der Waals surface area contributed by atoms with Crippen LogP contribution in [0, 0.1) is 6.92 Å². The van der Waals surface area contributed by atoms with Crippen LogP contribution in [0.4, 0.5) is 0 Å². The molecule has 0 unspecified atom stereocenters. The molecule has 2 rings (SSSR count). The highest BCUT2D eigenvalue weighted by molar-refractivity contribution is 5.96. The van der Waals surface area contributed by atoms with E-state index in [1.54, 1.807) is 32.4 Å². The van der Waals surface area contributed by atoms with Gasteiger partial charge in [0.15, 0.2) is 0 Å². The highest BCUT2D eigenvalue weighted by Crippen LogP contribution is 2.34. The van der Waals surface area contributed by atoms with Gasteiger partial charge in [0.25, 0.3) is 0 Å². The normalized spacial score (nSPS) is 11.1. The van der Waals surface area contributed by atoms with E-state index in [2.05, 4.69) is 0 Å². The molecule has 1 N–H and O–H groups in total. The van der Waals surface area contributed by atoms with Crippen molar-refractivity contribution in [1.82, 2.24) is 0 Å². The van der Waals surface area contributed by atoms with E-state index in [4.69, 9.17) is 9.47 Å². The lowest BCUT2D eigenvalue weighted by Crippen LogP contribution is -1.98. The maximum absolute atomic E-state index is 11.2. The predicted octanol–water partition coefficient (Wildman–Crippen LogP) is 3.53. The topological polar surface area (TPSA) is 55.8 Å². The van der Waals surface area contributed by atoms with Crippen molar-refractivity contribution in [2.24, 2.45) is 0 Å². The third-order valence-corrected chi connectivity index (χ3v) is 3.33. The predicted molar refractivity (Wildman–Crippen MR) is 85.4 cm³/mol. The fourth-order valence-electron chi connectivity index (χ4n) is 2.20. The van der Waals surface area contributed by atoms with Gasteiger partial charge in [-0.1, -0.05) is 29.8 Å². The van der Waals surface area contributed by atoms with Crippen LogP contribution in [-0.4, -0.2) is 25.3 Å². The molecule has 114 valence electrons. The number of ether oxygens (including phenoxy) is 2. The number of hydrogen-bond acceptors (Lipinski definition) is 3. The van der Waals surface area contributed by atoms with Gasteiger partial charge < -0.3 is 14.6 Å². The summed E-state index contributed by atoms with van der Waals surface area (Å²) in [5, 5.41) is 9.20. The first-order valence-corrected chi connectivity index (χ1v) is 6.79. The van der Waals surface area contributed by atoms with Crippen LogP contribution in [0.3, 0.4) is 0 Å². The van der Waals surface area contributed by atoms with Gasteiger partial charge in [0.2, 0.25) is 0 Å². The molecule has 0 aliphatic rings. The average Bonchev–Trinajstić information content (AvgIpc) is 2.52. The molecular formula is C18H18O4. The van der Waals surface area contributed by atoms with Crippen LogP contribution in [0.2, 0.25) is 0 Å². The number of carboxylic acid groups (broad SMARTS) is 1. The zero-order valence-corrected chi connectivity index (χ0v) is 12.8. The summed E-state index contributed by atoms with van der Waals surface area (Å²) < 4.78 is 10.6. The van der Waals surface area contributed by atoms with Crippen molar-refractivity contribution in [3.8, 4) is 11.5 Å². The summed E-state index contributed by atoms with van der Waals surface area (Å²) in [5.41, 5.74) is 3.16. The van der Waals surface area contributed by atoms with Crippen molar-refractivity contribution in [3.05, 3.63) is 65.2 Å². The molecule has 0 aliphatic carbocycles. The quantitative estimate of drug-likeness (QED) is 0.858. The van der Waals surface area contributed by atoms with Gasteiger partial charge in [-0.15, -0.1) is 0 Å². The summed E-state index contributed by atoms with van der Waals surface area (Å²) in [6.45, 7) is 1.98. The van der Waals surface area contributed by atoms with E-state index in [-0.39, 0.29) is 0 Å². The van der Waals surface area contributed by atoms with Crippen LogP contribution < -0.4 is 9.47 Å². The third kappa shape index (κ3) is 3.47. The van der Waals surface area contributed by atoms with E-state index in [0.29, 0.717) is 22.6 Å². The Morgan fingerprint density at radius 2 is 1.73 bits per heavy atom. The van der Waals surface area contributed by atoms with Crippen molar-refractivity contribution in [1.29, 1.82) is 0 Å². The number of methoxy groups -OCH3 is 2. The minimum Gasteiger partial charge on any atom is -0.497 e. The summed E-state index contributed by atoms with van der Waals surface area (Å²) in [4.78, 5) is 11.2. The smallest absolute Gasteiger partial charge is 0.328 e. The lowest BCUT2D eigenvalue weighted by atomic mass is 9.95. The summed E-state index contributed by atoms with van der Waals surface area (Å²) >= 11 is 0. The number of carboxylic acids is 1. The van der Waals surface area contributed by atoms with Crippen LogP contribution in [-0.2, 0) is 4.79 Å². The Labute approximate surface area is 129 Å². The molecule has 0 heterocycles. The second-order valence-corrected chi connectivity index (χ2v) is 4.83. The molecule has 0 aromatic heterocycles. The van der Waals surface area contributed by atoms with Crippen LogP contribution in [0.15, 0.2) is 48.5 Å². The van der Waals surface area contributed by atoms with E-state index >= 15 is 0 Å². The molecule has 4 nitrogen and oxygen atoms in total. The Morgan fingerprint density at radius 1 is 1.05 bits per heavy atom. The van der Waals surface area contributed by atoms with Crippen molar-refractivity contribution < 1.29 is 19.4 Å². The van der Waals surface area contributed by atoms with Gasteiger partial charge in [-0.25, -0.2) is 4.79 Å². The minimum atomic E-state index is -1.01. The zero-order valence-electron chi connectivity index (χ0n) is 12.8. The van der Waals surface area contributed by atoms with Gasteiger partial charge in [-0.2, -0.15) is 0 Å². The highest BCUT2D eigenvalue weighted by atomic mass is 16.5. The Hall–Kier alpha value is -2.75. The van der Waals surface area contributed by atoms with Crippen LogP contribution in [0.1, 0.15) is 16.7 Å².